The summed E-state index contributed by atoms with van der Waals surface area (Å²) in [4.78, 5) is 36.1. The van der Waals surface area contributed by atoms with Crippen LogP contribution in [0.5, 0.6) is 0 Å². The fourth-order valence-corrected chi connectivity index (χ4v) is 2.55. The highest BCUT2D eigenvalue weighted by Gasteiger charge is 2.16. The number of nitrogens with one attached hydrogen (secondary N) is 2. The summed E-state index contributed by atoms with van der Waals surface area (Å²) in [5.74, 6) is -1.92. The van der Waals surface area contributed by atoms with E-state index in [4.69, 9.17) is 9.47 Å². The number of ether oxygens (including phenoxy) is 2. The molecule has 0 saturated heterocycles. The summed E-state index contributed by atoms with van der Waals surface area (Å²) in [7, 11) is 0. The molecule has 7 heteroatoms. The molecule has 31 heavy (non-hydrogen) atoms. The quantitative estimate of drug-likeness (QED) is 0.113. The lowest BCUT2D eigenvalue weighted by molar-refractivity contribution is -0.145. The molecular weight excluding hydrogens is 396 g/mol. The van der Waals surface area contributed by atoms with Crippen molar-refractivity contribution in [3.05, 3.63) is 36.3 Å². The van der Waals surface area contributed by atoms with Crippen molar-refractivity contribution in [3.8, 4) is 0 Å². The van der Waals surface area contributed by atoms with E-state index in [0.717, 1.165) is 44.9 Å². The molecule has 176 valence electrons. The Morgan fingerprint density at radius 2 is 1.55 bits per heavy atom. The zero-order chi connectivity index (χ0) is 23.6. The van der Waals surface area contributed by atoms with Crippen LogP contribution in [0.15, 0.2) is 36.3 Å². The van der Waals surface area contributed by atoms with Crippen LogP contribution in [-0.2, 0) is 23.9 Å². The van der Waals surface area contributed by atoms with Gasteiger partial charge < -0.3 is 14.8 Å². The first-order chi connectivity index (χ1) is 14.7. The van der Waals surface area contributed by atoms with Gasteiger partial charge in [0.25, 0.3) is 5.91 Å². The van der Waals surface area contributed by atoms with E-state index >= 15 is 0 Å². The second-order valence-electron chi connectivity index (χ2n) is 7.62. The van der Waals surface area contributed by atoms with Gasteiger partial charge in [-0.05, 0) is 39.7 Å². The second kappa shape index (κ2) is 17.3. The lowest BCUT2D eigenvalue weighted by Gasteiger charge is -2.14. The van der Waals surface area contributed by atoms with Crippen LogP contribution in [0.4, 0.5) is 0 Å². The molecule has 0 aliphatic rings. The molecule has 0 fully saturated rings. The maximum atomic E-state index is 12.1. The third-order valence-corrected chi connectivity index (χ3v) is 4.57. The number of carbonyl (C=O) groups is 3. The number of unbranched alkanes of at least 4 members (excludes halogenated alkanes) is 6. The van der Waals surface area contributed by atoms with Crippen molar-refractivity contribution >= 4 is 17.8 Å². The Kier molecular flexibility index (Phi) is 15.9. The SMILES string of the molecule is C=C(CCCCCCCC)C(=O)NC(=C)C(=O)O/C=C(\C)C(=O)OC(C)NCCCC. The van der Waals surface area contributed by atoms with Gasteiger partial charge in [0, 0.05) is 5.57 Å². The molecule has 0 rings (SSSR count). The highest BCUT2D eigenvalue weighted by molar-refractivity contribution is 6.00. The minimum Gasteiger partial charge on any atom is -0.443 e. The third-order valence-electron chi connectivity index (χ3n) is 4.57. The van der Waals surface area contributed by atoms with E-state index in [-0.39, 0.29) is 11.3 Å². The van der Waals surface area contributed by atoms with Crippen molar-refractivity contribution in [2.75, 3.05) is 6.54 Å². The molecule has 0 radical (unpaired) electrons. The van der Waals surface area contributed by atoms with Gasteiger partial charge in [-0.1, -0.05) is 65.5 Å². The first kappa shape index (κ1) is 28.6. The maximum absolute atomic E-state index is 12.1. The second-order valence-corrected chi connectivity index (χ2v) is 7.62. The standard InChI is InChI=1S/C24H40N2O5/c1-7-9-11-12-13-14-15-18(3)22(27)26-20(5)24(29)30-17-19(4)23(28)31-21(6)25-16-10-8-2/h17,21,25H,3,5,7-16H2,1-2,4,6H3,(H,26,27)/b19-17+. The van der Waals surface area contributed by atoms with E-state index in [0.29, 0.717) is 12.0 Å². The van der Waals surface area contributed by atoms with Crippen molar-refractivity contribution < 1.29 is 23.9 Å². The normalized spacial score (nSPS) is 12.1. The molecule has 0 heterocycles. The first-order valence-corrected chi connectivity index (χ1v) is 11.2. The van der Waals surface area contributed by atoms with Gasteiger partial charge in [-0.15, -0.1) is 0 Å². The van der Waals surface area contributed by atoms with Crippen molar-refractivity contribution in [2.45, 2.75) is 91.7 Å². The molecule has 0 spiro atoms. The summed E-state index contributed by atoms with van der Waals surface area (Å²) in [6.07, 6.45) is 9.80. The average Bonchev–Trinajstić information content (AvgIpc) is 2.73. The van der Waals surface area contributed by atoms with Gasteiger partial charge in [-0.25, -0.2) is 9.59 Å². The molecule has 1 atom stereocenters. The van der Waals surface area contributed by atoms with Gasteiger partial charge in [0.2, 0.25) is 0 Å². The summed E-state index contributed by atoms with van der Waals surface area (Å²) in [5, 5.41) is 5.46. The molecule has 0 saturated carbocycles. The highest BCUT2D eigenvalue weighted by atomic mass is 16.6. The number of amides is 1. The monoisotopic (exact) mass is 436 g/mol. The van der Waals surface area contributed by atoms with Gasteiger partial charge in [-0.3, -0.25) is 10.1 Å². The van der Waals surface area contributed by atoms with Gasteiger partial charge in [0.05, 0.1) is 5.57 Å². The van der Waals surface area contributed by atoms with E-state index in [1.807, 2.05) is 0 Å². The smallest absolute Gasteiger partial charge is 0.359 e. The zero-order valence-electron chi connectivity index (χ0n) is 19.7. The molecule has 0 aromatic heterocycles. The van der Waals surface area contributed by atoms with Gasteiger partial charge >= 0.3 is 11.9 Å². The fourth-order valence-electron chi connectivity index (χ4n) is 2.55. The minimum absolute atomic E-state index is 0.115. The molecule has 0 aromatic rings. The first-order valence-electron chi connectivity index (χ1n) is 11.2. The summed E-state index contributed by atoms with van der Waals surface area (Å²) in [6, 6.07) is 0. The van der Waals surface area contributed by atoms with Crippen LogP contribution in [0, 0.1) is 0 Å². The molecule has 0 aromatic carbocycles. The Labute approximate surface area is 187 Å². The summed E-state index contributed by atoms with van der Waals surface area (Å²) < 4.78 is 10.1. The number of esters is 2. The molecule has 1 unspecified atom stereocenters. The number of hydrogen-bond donors (Lipinski definition) is 2. The molecular formula is C24H40N2O5. The van der Waals surface area contributed by atoms with E-state index in [2.05, 4.69) is 37.6 Å². The van der Waals surface area contributed by atoms with Crippen LogP contribution < -0.4 is 10.6 Å². The van der Waals surface area contributed by atoms with Crippen LogP contribution in [0.1, 0.15) is 85.5 Å². The van der Waals surface area contributed by atoms with Crippen LogP contribution in [0.2, 0.25) is 0 Å². The van der Waals surface area contributed by atoms with Gasteiger partial charge in [-0.2, -0.15) is 0 Å². The van der Waals surface area contributed by atoms with E-state index < -0.39 is 24.1 Å². The van der Waals surface area contributed by atoms with Crippen molar-refractivity contribution in [2.24, 2.45) is 0 Å². The molecule has 1 amide bonds. The van der Waals surface area contributed by atoms with Crippen molar-refractivity contribution in [1.82, 2.24) is 10.6 Å². The van der Waals surface area contributed by atoms with Crippen LogP contribution >= 0.6 is 0 Å². The Morgan fingerprint density at radius 3 is 2.19 bits per heavy atom. The van der Waals surface area contributed by atoms with Crippen molar-refractivity contribution in [3.63, 3.8) is 0 Å². The van der Waals surface area contributed by atoms with Crippen LogP contribution in [0.3, 0.4) is 0 Å². The summed E-state index contributed by atoms with van der Waals surface area (Å²) in [5.41, 5.74) is 0.287. The molecule has 7 nitrogen and oxygen atoms in total. The number of rotatable bonds is 17. The molecule has 0 aliphatic heterocycles. The predicted octanol–water partition coefficient (Wildman–Crippen LogP) is 4.65. The lowest BCUT2D eigenvalue weighted by Crippen LogP contribution is -2.32. The Hall–Kier alpha value is -2.41. The zero-order valence-corrected chi connectivity index (χ0v) is 19.7. The molecule has 0 bridgehead atoms. The Bertz CT molecular complexity index is 640. The van der Waals surface area contributed by atoms with E-state index in [1.54, 1.807) is 6.92 Å². The Balaban J connectivity index is 4.30. The topological polar surface area (TPSA) is 93.7 Å². The molecule has 2 N–H and O–H groups in total. The molecule has 0 aliphatic carbocycles. The summed E-state index contributed by atoms with van der Waals surface area (Å²) >= 11 is 0. The highest BCUT2D eigenvalue weighted by Crippen LogP contribution is 2.11. The maximum Gasteiger partial charge on any atom is 0.359 e. The summed E-state index contributed by atoms with van der Waals surface area (Å²) in [6.45, 7) is 15.5. The van der Waals surface area contributed by atoms with Gasteiger partial charge in [0.1, 0.15) is 12.0 Å². The Morgan fingerprint density at radius 1 is 0.935 bits per heavy atom. The van der Waals surface area contributed by atoms with Crippen LogP contribution in [-0.4, -0.2) is 30.6 Å². The van der Waals surface area contributed by atoms with Crippen molar-refractivity contribution in [1.29, 1.82) is 0 Å². The van der Waals surface area contributed by atoms with E-state index in [1.165, 1.54) is 26.2 Å². The van der Waals surface area contributed by atoms with Crippen LogP contribution in [0.25, 0.3) is 0 Å². The minimum atomic E-state index is -0.859. The fraction of sp³-hybridized carbons (Fsp3) is 0.625. The average molecular weight is 437 g/mol. The van der Waals surface area contributed by atoms with E-state index in [9.17, 15) is 14.4 Å². The number of carbonyl (C=O) groups excluding carboxylic acids is 3. The lowest BCUT2D eigenvalue weighted by atomic mass is 10.1. The third kappa shape index (κ3) is 14.3. The largest absolute Gasteiger partial charge is 0.443 e. The van der Waals surface area contributed by atoms with Gasteiger partial charge in [0.15, 0.2) is 6.23 Å². The predicted molar refractivity (Wildman–Crippen MR) is 123 cm³/mol. The number of hydrogen-bond acceptors (Lipinski definition) is 6.